The highest BCUT2D eigenvalue weighted by molar-refractivity contribution is 5.83. The van der Waals surface area contributed by atoms with Crippen LogP contribution in [0.2, 0.25) is 0 Å². The summed E-state index contributed by atoms with van der Waals surface area (Å²) >= 11 is 0. The molecule has 5 nitrogen and oxygen atoms in total. The molecule has 0 saturated heterocycles. The Bertz CT molecular complexity index is 320. The lowest BCUT2D eigenvalue weighted by Crippen LogP contribution is -2.43. The first-order valence-corrected chi connectivity index (χ1v) is 6.82. The van der Waals surface area contributed by atoms with Crippen molar-refractivity contribution in [3.05, 3.63) is 0 Å². The summed E-state index contributed by atoms with van der Waals surface area (Å²) in [6.45, 7) is 0.464. The number of carboxylic acids is 1. The van der Waals surface area contributed by atoms with Gasteiger partial charge in [-0.1, -0.05) is 0 Å². The largest absolute Gasteiger partial charge is 0.480 e. The third-order valence-electron chi connectivity index (χ3n) is 3.93. The van der Waals surface area contributed by atoms with Gasteiger partial charge >= 0.3 is 5.97 Å². The monoisotopic (exact) mass is 254 g/mol. The number of amides is 1. The average molecular weight is 254 g/mol. The second-order valence-corrected chi connectivity index (χ2v) is 5.67. The van der Waals surface area contributed by atoms with Crippen LogP contribution in [0.3, 0.4) is 0 Å². The molecule has 18 heavy (non-hydrogen) atoms. The maximum Gasteiger partial charge on any atom is 0.323 e. The number of hydrogen-bond acceptors (Lipinski definition) is 3. The van der Waals surface area contributed by atoms with Gasteiger partial charge in [-0.2, -0.15) is 0 Å². The molecule has 0 spiro atoms. The molecular formula is C13H22N2O3. The summed E-state index contributed by atoms with van der Waals surface area (Å²) in [6.07, 6.45) is 5.61. The van der Waals surface area contributed by atoms with Crippen LogP contribution in [-0.2, 0) is 9.59 Å². The molecule has 0 heterocycles. The first kappa shape index (κ1) is 13.3. The van der Waals surface area contributed by atoms with Crippen LogP contribution < -0.4 is 5.73 Å². The van der Waals surface area contributed by atoms with Crippen molar-refractivity contribution < 1.29 is 14.7 Å². The van der Waals surface area contributed by atoms with E-state index in [9.17, 15) is 9.59 Å². The zero-order chi connectivity index (χ0) is 13.1. The first-order valence-electron chi connectivity index (χ1n) is 6.82. The number of aliphatic carboxylic acids is 1. The van der Waals surface area contributed by atoms with E-state index in [4.69, 9.17) is 10.8 Å². The van der Waals surface area contributed by atoms with Gasteiger partial charge in [-0.3, -0.25) is 9.59 Å². The van der Waals surface area contributed by atoms with Crippen molar-refractivity contribution >= 4 is 11.9 Å². The van der Waals surface area contributed by atoms with Gasteiger partial charge in [0.05, 0.1) is 0 Å². The Hall–Kier alpha value is -1.10. The van der Waals surface area contributed by atoms with E-state index in [-0.39, 0.29) is 24.4 Å². The number of rotatable bonds is 5. The Morgan fingerprint density at radius 1 is 1.11 bits per heavy atom. The summed E-state index contributed by atoms with van der Waals surface area (Å²) < 4.78 is 0. The predicted molar refractivity (Wildman–Crippen MR) is 66.9 cm³/mol. The van der Waals surface area contributed by atoms with Crippen molar-refractivity contribution in [1.82, 2.24) is 4.90 Å². The molecule has 0 aromatic carbocycles. The van der Waals surface area contributed by atoms with E-state index < -0.39 is 5.97 Å². The second kappa shape index (κ2) is 5.69. The molecular weight excluding hydrogens is 232 g/mol. The third kappa shape index (κ3) is 3.70. The van der Waals surface area contributed by atoms with E-state index in [0.29, 0.717) is 12.5 Å². The Balaban J connectivity index is 1.90. The topological polar surface area (TPSA) is 83.6 Å². The minimum Gasteiger partial charge on any atom is -0.480 e. The Morgan fingerprint density at radius 2 is 1.72 bits per heavy atom. The lowest BCUT2D eigenvalue weighted by Gasteiger charge is -2.30. The highest BCUT2D eigenvalue weighted by atomic mass is 16.4. The molecule has 5 heteroatoms. The minimum absolute atomic E-state index is 0.0112. The lowest BCUT2D eigenvalue weighted by atomic mass is 9.85. The number of nitrogens with two attached hydrogens (primary N) is 1. The van der Waals surface area contributed by atoms with Gasteiger partial charge in [0, 0.05) is 18.5 Å². The smallest absolute Gasteiger partial charge is 0.323 e. The summed E-state index contributed by atoms with van der Waals surface area (Å²) in [5.41, 5.74) is 5.83. The maximum atomic E-state index is 12.3. The molecule has 2 rings (SSSR count). The van der Waals surface area contributed by atoms with Gasteiger partial charge in [-0.15, -0.1) is 0 Å². The fourth-order valence-electron chi connectivity index (χ4n) is 2.63. The molecule has 3 N–H and O–H groups in total. The van der Waals surface area contributed by atoms with E-state index in [1.165, 1.54) is 0 Å². The summed E-state index contributed by atoms with van der Waals surface area (Å²) in [5.74, 6) is -0.380. The molecule has 102 valence electrons. The average Bonchev–Trinajstić information content (AvgIpc) is 3.12. The van der Waals surface area contributed by atoms with Crippen LogP contribution in [0.1, 0.15) is 38.5 Å². The van der Waals surface area contributed by atoms with Crippen molar-refractivity contribution in [2.45, 2.75) is 44.6 Å². The van der Waals surface area contributed by atoms with Gasteiger partial charge < -0.3 is 15.7 Å². The van der Waals surface area contributed by atoms with Crippen LogP contribution in [0.25, 0.3) is 0 Å². The third-order valence-corrected chi connectivity index (χ3v) is 3.93. The fraction of sp³-hybridized carbons (Fsp3) is 0.846. The van der Waals surface area contributed by atoms with Gasteiger partial charge in [-0.25, -0.2) is 0 Å². The van der Waals surface area contributed by atoms with Gasteiger partial charge in [-0.05, 0) is 44.4 Å². The molecule has 0 aromatic rings. The molecule has 0 bridgehead atoms. The van der Waals surface area contributed by atoms with E-state index in [2.05, 4.69) is 0 Å². The zero-order valence-corrected chi connectivity index (χ0v) is 10.7. The summed E-state index contributed by atoms with van der Waals surface area (Å²) in [7, 11) is 0. The predicted octanol–water partition coefficient (Wildman–Crippen LogP) is 0.827. The number of carboxylic acid groups (broad SMARTS) is 1. The number of hydrogen-bond donors (Lipinski definition) is 2. The summed E-state index contributed by atoms with van der Waals surface area (Å²) in [4.78, 5) is 24.7. The normalized spacial score (nSPS) is 27.8. The SMILES string of the molecule is NC1CCC(C(=O)N(CC(=O)O)CC2CC2)CC1. The molecule has 2 aliphatic rings. The van der Waals surface area contributed by atoms with E-state index in [0.717, 1.165) is 38.5 Å². The highest BCUT2D eigenvalue weighted by Crippen LogP contribution is 2.31. The molecule has 2 fully saturated rings. The molecule has 2 saturated carbocycles. The van der Waals surface area contributed by atoms with Gasteiger partial charge in [0.1, 0.15) is 6.54 Å². The number of carbonyl (C=O) groups is 2. The van der Waals surface area contributed by atoms with Crippen LogP contribution in [0.4, 0.5) is 0 Å². The van der Waals surface area contributed by atoms with Gasteiger partial charge in [0.2, 0.25) is 5.91 Å². The zero-order valence-electron chi connectivity index (χ0n) is 10.7. The molecule has 2 aliphatic carbocycles. The Kier molecular flexibility index (Phi) is 4.22. The molecule has 0 unspecified atom stereocenters. The van der Waals surface area contributed by atoms with Crippen molar-refractivity contribution in [2.24, 2.45) is 17.6 Å². The first-order chi connectivity index (χ1) is 8.56. The van der Waals surface area contributed by atoms with Crippen molar-refractivity contribution in [3.8, 4) is 0 Å². The second-order valence-electron chi connectivity index (χ2n) is 5.67. The van der Waals surface area contributed by atoms with Crippen LogP contribution >= 0.6 is 0 Å². The summed E-state index contributed by atoms with van der Waals surface area (Å²) in [6, 6.07) is 0.213. The van der Waals surface area contributed by atoms with Gasteiger partial charge in [0.25, 0.3) is 0 Å². The van der Waals surface area contributed by atoms with E-state index in [1.807, 2.05) is 0 Å². The minimum atomic E-state index is -0.920. The Labute approximate surface area is 107 Å². The van der Waals surface area contributed by atoms with E-state index >= 15 is 0 Å². The molecule has 0 aliphatic heterocycles. The van der Waals surface area contributed by atoms with Crippen molar-refractivity contribution in [1.29, 1.82) is 0 Å². The van der Waals surface area contributed by atoms with Crippen LogP contribution in [-0.4, -0.2) is 41.0 Å². The summed E-state index contributed by atoms with van der Waals surface area (Å²) in [5, 5.41) is 8.89. The highest BCUT2D eigenvalue weighted by Gasteiger charge is 2.32. The molecule has 0 radical (unpaired) electrons. The van der Waals surface area contributed by atoms with E-state index in [1.54, 1.807) is 4.90 Å². The van der Waals surface area contributed by atoms with Crippen molar-refractivity contribution in [2.75, 3.05) is 13.1 Å². The lowest BCUT2D eigenvalue weighted by molar-refractivity contribution is -0.147. The number of nitrogens with zero attached hydrogens (tertiary/aromatic N) is 1. The van der Waals surface area contributed by atoms with Crippen LogP contribution in [0.15, 0.2) is 0 Å². The standard InChI is InChI=1S/C13H22N2O3/c14-11-5-3-10(4-6-11)13(18)15(8-12(16)17)7-9-1-2-9/h9-11H,1-8,14H2,(H,16,17). The maximum absolute atomic E-state index is 12.3. The van der Waals surface area contributed by atoms with Crippen LogP contribution in [0.5, 0.6) is 0 Å². The quantitative estimate of drug-likeness (QED) is 0.761. The molecule has 1 amide bonds. The van der Waals surface area contributed by atoms with Crippen molar-refractivity contribution in [3.63, 3.8) is 0 Å². The Morgan fingerprint density at radius 3 is 2.22 bits per heavy atom. The molecule has 0 aromatic heterocycles. The van der Waals surface area contributed by atoms with Gasteiger partial charge in [0.15, 0.2) is 0 Å². The number of carbonyl (C=O) groups excluding carboxylic acids is 1. The molecule has 0 atom stereocenters. The van der Waals surface area contributed by atoms with Crippen LogP contribution in [0, 0.1) is 11.8 Å². The fourth-order valence-corrected chi connectivity index (χ4v) is 2.63.